The Bertz CT molecular complexity index is 2210. The summed E-state index contributed by atoms with van der Waals surface area (Å²) in [6.07, 6.45) is -5.59. The van der Waals surface area contributed by atoms with Gasteiger partial charge in [0.15, 0.2) is 0 Å². The first-order valence-corrected chi connectivity index (χ1v) is 22.9. The minimum atomic E-state index is -4.63. The normalized spacial score (nSPS) is 15.6. The summed E-state index contributed by atoms with van der Waals surface area (Å²) in [4.78, 5) is 0. The Balaban J connectivity index is 0.00000360. The van der Waals surface area contributed by atoms with Crippen LogP contribution in [0.15, 0.2) is 99.4 Å². The van der Waals surface area contributed by atoms with Gasteiger partial charge in [0, 0.05) is 0 Å². The van der Waals surface area contributed by atoms with Crippen LogP contribution in [0.2, 0.25) is 0 Å². The molecule has 0 N–H and O–H groups in total. The quantitative estimate of drug-likeness (QED) is 0.159. The molecule has 9 heteroatoms. The van der Waals surface area contributed by atoms with E-state index >= 15 is 0 Å². The van der Waals surface area contributed by atoms with Gasteiger partial charge in [-0.3, -0.25) is 0 Å². The predicted molar refractivity (Wildman–Crippen MR) is 212 cm³/mol. The molecule has 0 bridgehead atoms. The van der Waals surface area contributed by atoms with Crippen molar-refractivity contribution in [3.63, 3.8) is 0 Å². The molecule has 0 aliphatic heterocycles. The zero-order chi connectivity index (χ0) is 40.6. The maximum absolute atomic E-state index is 14.5. The summed E-state index contributed by atoms with van der Waals surface area (Å²) in [6, 6.07) is 21.7. The first-order valence-electron chi connectivity index (χ1n) is 19.2. The molecule has 2 aliphatic rings. The molecule has 4 aromatic rings. The van der Waals surface area contributed by atoms with Gasteiger partial charge in [-0.15, -0.1) is 0 Å². The molecule has 1 unspecified atom stereocenters. The van der Waals surface area contributed by atoms with Crippen molar-refractivity contribution >= 4 is 6.48 Å². The third-order valence-electron chi connectivity index (χ3n) is 11.2. The average molecular weight is 905 g/mol. The first-order chi connectivity index (χ1) is 25.3. The second kappa shape index (κ2) is 16.4. The van der Waals surface area contributed by atoms with Crippen LogP contribution in [-0.2, 0) is 50.9 Å². The number of rotatable bonds is 5. The molecular weight excluding hydrogens is 853 g/mol. The number of hydrogen-bond donors (Lipinski definition) is 0. The van der Waals surface area contributed by atoms with Gasteiger partial charge < -0.3 is 24.8 Å². The SMILES string of the molecule is CCC1=[C]([Zr+2](=[C](c2cccc(C(F)(F)F)c2)c2cccc(C(F)(F)F)c2)[c]2c(C(C)(C)C)ccc3c2Cc2cc(C(C)(C)C)ccc2-3)C(C)C=C1C(C)(C)C.[Cl-].[Cl-]. The van der Waals surface area contributed by atoms with Crippen LogP contribution in [-0.4, -0.2) is 3.21 Å². The molecule has 1 atom stereocenters. The molecule has 0 nitrogen and oxygen atoms in total. The summed E-state index contributed by atoms with van der Waals surface area (Å²) in [6.45, 7) is 23.9. The van der Waals surface area contributed by atoms with E-state index in [0.717, 1.165) is 28.8 Å². The van der Waals surface area contributed by atoms with Gasteiger partial charge in [-0.2, -0.15) is 0 Å². The Labute approximate surface area is 355 Å². The summed E-state index contributed by atoms with van der Waals surface area (Å²) in [7, 11) is 0. The number of allylic oxidation sites excluding steroid dienone is 4. The smallest absolute Gasteiger partial charge is 1.00 e. The van der Waals surface area contributed by atoms with Gasteiger partial charge in [-0.1, -0.05) is 0 Å². The van der Waals surface area contributed by atoms with Gasteiger partial charge in [0.2, 0.25) is 0 Å². The van der Waals surface area contributed by atoms with Crippen LogP contribution in [0.3, 0.4) is 0 Å². The summed E-state index contributed by atoms with van der Waals surface area (Å²) >= 11 is -3.91. The van der Waals surface area contributed by atoms with E-state index in [-0.39, 0.29) is 47.0 Å². The van der Waals surface area contributed by atoms with Crippen LogP contribution >= 0.6 is 0 Å². The van der Waals surface area contributed by atoms with Gasteiger partial charge in [0.1, 0.15) is 0 Å². The zero-order valence-electron chi connectivity index (χ0n) is 34.6. The molecular formula is C48H52Cl2F6Zr. The molecule has 4 aromatic carbocycles. The fourth-order valence-electron chi connectivity index (χ4n) is 8.52. The minimum absolute atomic E-state index is 0. The second-order valence-corrected chi connectivity index (χ2v) is 24.0. The van der Waals surface area contributed by atoms with Gasteiger partial charge in [-0.25, -0.2) is 0 Å². The maximum Gasteiger partial charge on any atom is -1.00 e. The molecule has 0 saturated carbocycles. The summed E-state index contributed by atoms with van der Waals surface area (Å²) < 4.78 is 90.3. The van der Waals surface area contributed by atoms with Crippen LogP contribution in [0.4, 0.5) is 26.3 Å². The fraction of sp³-hybridized carbons (Fsp3) is 0.396. The van der Waals surface area contributed by atoms with Gasteiger partial charge in [0.05, 0.1) is 0 Å². The van der Waals surface area contributed by atoms with E-state index in [1.165, 1.54) is 58.7 Å². The Morgan fingerprint density at radius 1 is 0.632 bits per heavy atom. The fourth-order valence-corrected chi connectivity index (χ4v) is 18.6. The molecule has 6 rings (SSSR count). The molecule has 0 amide bonds. The molecule has 57 heavy (non-hydrogen) atoms. The van der Waals surface area contributed by atoms with Crippen LogP contribution in [0.25, 0.3) is 11.1 Å². The summed E-state index contributed by atoms with van der Waals surface area (Å²) in [5, 5.41) is 0. The Morgan fingerprint density at radius 3 is 1.61 bits per heavy atom. The van der Waals surface area contributed by atoms with Gasteiger partial charge >= 0.3 is 333 Å². The van der Waals surface area contributed by atoms with Crippen molar-refractivity contribution in [2.45, 2.75) is 112 Å². The van der Waals surface area contributed by atoms with Crippen molar-refractivity contribution in [1.82, 2.24) is 0 Å². The topological polar surface area (TPSA) is 0 Å². The zero-order valence-corrected chi connectivity index (χ0v) is 38.6. The number of hydrogen-bond acceptors (Lipinski definition) is 0. The molecule has 0 fully saturated rings. The monoisotopic (exact) mass is 902 g/mol. The van der Waals surface area contributed by atoms with Gasteiger partial charge in [-0.05, 0) is 0 Å². The Morgan fingerprint density at radius 2 is 1.16 bits per heavy atom. The van der Waals surface area contributed by atoms with Crippen molar-refractivity contribution in [3.05, 3.63) is 144 Å². The van der Waals surface area contributed by atoms with Crippen molar-refractivity contribution < 1.29 is 72.4 Å². The van der Waals surface area contributed by atoms with E-state index in [2.05, 4.69) is 113 Å². The van der Waals surface area contributed by atoms with Crippen LogP contribution in [0.1, 0.15) is 127 Å². The standard InChI is InChI=1S/C21H25.C15H8F6.C12H19.2ClH.Zr/c1-20(2,3)16-7-9-18-14(12-16)11-15-13-17(21(4,5)6)8-10-19(15)18;16-14(17,18)12-5-1-3-10(8-12)7-11-4-2-6-13(9-11)15(19,20)21;1-6-10-7-9(2)8-11(10)12(3,4)5;;;/h7-10,12H,11H2,1-6H3;1-6,8-9H;8-9H,6H2,1-5H3;2*1H;/q;;;;;+2/p-2. The van der Waals surface area contributed by atoms with Crippen LogP contribution in [0.5, 0.6) is 0 Å². The number of alkyl halides is 6. The second-order valence-electron chi connectivity index (χ2n) is 18.3. The molecule has 0 saturated heterocycles. The predicted octanol–water partition coefficient (Wildman–Crippen LogP) is 7.70. The molecule has 304 valence electrons. The average Bonchev–Trinajstić information content (AvgIpc) is 3.62. The van der Waals surface area contributed by atoms with Crippen molar-refractivity contribution in [1.29, 1.82) is 0 Å². The van der Waals surface area contributed by atoms with Crippen molar-refractivity contribution in [2.24, 2.45) is 11.3 Å². The number of fused-ring (bicyclic) bond motifs is 3. The number of benzene rings is 4. The maximum atomic E-state index is 14.5. The minimum Gasteiger partial charge on any atom is -1.00 e. The van der Waals surface area contributed by atoms with Crippen molar-refractivity contribution in [3.8, 4) is 11.1 Å². The molecule has 0 spiro atoms. The Kier molecular flexibility index (Phi) is 13.5. The third kappa shape index (κ3) is 9.22. The van der Waals surface area contributed by atoms with E-state index in [1.54, 1.807) is 12.1 Å². The van der Waals surface area contributed by atoms with Crippen LogP contribution in [0, 0.1) is 11.3 Å². The van der Waals surface area contributed by atoms with Crippen molar-refractivity contribution in [2.75, 3.05) is 0 Å². The largest absolute Gasteiger partial charge is 1.00 e. The van der Waals surface area contributed by atoms with E-state index in [9.17, 15) is 26.3 Å². The van der Waals surface area contributed by atoms with Gasteiger partial charge in [0.25, 0.3) is 0 Å². The molecule has 0 aromatic heterocycles. The molecule has 0 heterocycles. The van der Waals surface area contributed by atoms with Crippen LogP contribution < -0.4 is 28.1 Å². The van der Waals surface area contributed by atoms with E-state index in [0.29, 0.717) is 27.2 Å². The molecule has 0 radical (unpaired) electrons. The summed E-state index contributed by atoms with van der Waals surface area (Å²) in [5.41, 5.74) is 7.75. The Hall–Kier alpha value is -2.73. The third-order valence-corrected chi connectivity index (χ3v) is 19.6. The first kappa shape index (κ1) is 47.0. The molecule has 2 aliphatic carbocycles. The number of halogens is 8. The van der Waals surface area contributed by atoms with E-state index in [1.807, 2.05) is 0 Å². The van der Waals surface area contributed by atoms with E-state index in [4.69, 9.17) is 0 Å². The summed E-state index contributed by atoms with van der Waals surface area (Å²) in [5.74, 6) is -0.0508. The van der Waals surface area contributed by atoms with E-state index < -0.39 is 44.7 Å².